The van der Waals surface area contributed by atoms with E-state index in [1.165, 1.54) is 0 Å². The highest BCUT2D eigenvalue weighted by molar-refractivity contribution is 8.10. The van der Waals surface area contributed by atoms with Crippen LogP contribution in [0, 0.1) is 0 Å². The Morgan fingerprint density at radius 1 is 1.50 bits per heavy atom. The van der Waals surface area contributed by atoms with Crippen molar-refractivity contribution in [2.24, 2.45) is 0 Å². The van der Waals surface area contributed by atoms with Gasteiger partial charge >= 0.3 is 0 Å². The highest BCUT2D eigenvalue weighted by atomic mass is 32.5. The molecule has 0 aromatic heterocycles. The van der Waals surface area contributed by atoms with E-state index in [4.69, 9.17) is 20.9 Å². The van der Waals surface area contributed by atoms with Crippen LogP contribution in [0.2, 0.25) is 0 Å². The molecule has 0 aliphatic carbocycles. The van der Waals surface area contributed by atoms with E-state index in [2.05, 4.69) is 20.4 Å². The molecule has 0 saturated heterocycles. The molecular weight excluding hydrogens is 215 g/mol. The standard InChI is InChI=1S/C10H21O2PS/c1-5-8-11-13(14,9-6-2)12-10(4)7-3/h6,10H,2,5,7-9H2,1,3-4H3. The Labute approximate surface area is 92.9 Å². The van der Waals surface area contributed by atoms with Crippen molar-refractivity contribution in [2.75, 3.05) is 12.8 Å². The van der Waals surface area contributed by atoms with E-state index < -0.39 is 6.49 Å². The lowest BCUT2D eigenvalue weighted by Crippen LogP contribution is -2.08. The summed E-state index contributed by atoms with van der Waals surface area (Å²) in [6.45, 7) is 8.45. The highest BCUT2D eigenvalue weighted by Crippen LogP contribution is 2.50. The lowest BCUT2D eigenvalue weighted by molar-refractivity contribution is 0.188. The molecule has 84 valence electrons. The van der Waals surface area contributed by atoms with Gasteiger partial charge in [0.25, 0.3) is 0 Å². The van der Waals surface area contributed by atoms with Crippen molar-refractivity contribution in [2.45, 2.75) is 39.7 Å². The Hall–Kier alpha value is 0.310. The van der Waals surface area contributed by atoms with Crippen molar-refractivity contribution in [3.05, 3.63) is 12.7 Å². The van der Waals surface area contributed by atoms with Gasteiger partial charge in [-0.25, -0.2) is 0 Å². The quantitative estimate of drug-likeness (QED) is 0.472. The fourth-order valence-electron chi connectivity index (χ4n) is 0.863. The van der Waals surface area contributed by atoms with Crippen molar-refractivity contribution >= 4 is 18.3 Å². The van der Waals surface area contributed by atoms with Gasteiger partial charge in [-0.1, -0.05) is 19.9 Å². The smallest absolute Gasteiger partial charge is 0.192 e. The molecular formula is C10H21O2PS. The van der Waals surface area contributed by atoms with Gasteiger partial charge in [0.1, 0.15) is 0 Å². The molecule has 0 aliphatic rings. The second-order valence-electron chi connectivity index (χ2n) is 3.24. The van der Waals surface area contributed by atoms with Gasteiger partial charge in [0.05, 0.1) is 12.7 Å². The summed E-state index contributed by atoms with van der Waals surface area (Å²) in [6, 6.07) is 0. The Bertz CT molecular complexity index is 206. The second-order valence-corrected chi connectivity index (χ2v) is 6.96. The molecule has 0 N–H and O–H groups in total. The molecule has 0 rings (SSSR count). The minimum Gasteiger partial charge on any atom is -0.329 e. The third kappa shape index (κ3) is 5.92. The molecule has 2 atom stereocenters. The van der Waals surface area contributed by atoms with Crippen molar-refractivity contribution in [3.8, 4) is 0 Å². The summed E-state index contributed by atoms with van der Waals surface area (Å²) in [5.41, 5.74) is 0. The summed E-state index contributed by atoms with van der Waals surface area (Å²) < 4.78 is 11.4. The van der Waals surface area contributed by atoms with Crippen LogP contribution in [-0.2, 0) is 20.9 Å². The first-order chi connectivity index (χ1) is 6.58. The Morgan fingerprint density at radius 3 is 2.57 bits per heavy atom. The number of hydrogen-bond donors (Lipinski definition) is 0. The Kier molecular flexibility index (Phi) is 7.75. The van der Waals surface area contributed by atoms with Gasteiger partial charge in [-0.05, 0) is 31.6 Å². The lowest BCUT2D eigenvalue weighted by atomic mass is 10.3. The third-order valence-electron chi connectivity index (χ3n) is 1.76. The largest absolute Gasteiger partial charge is 0.329 e. The second kappa shape index (κ2) is 7.58. The minimum absolute atomic E-state index is 0.178. The van der Waals surface area contributed by atoms with Crippen molar-refractivity contribution in [1.29, 1.82) is 0 Å². The van der Waals surface area contributed by atoms with Crippen LogP contribution >= 0.6 is 6.49 Å². The zero-order valence-corrected chi connectivity index (χ0v) is 11.1. The minimum atomic E-state index is -2.09. The molecule has 4 heteroatoms. The maximum atomic E-state index is 5.76. The fourth-order valence-corrected chi connectivity index (χ4v) is 3.57. The van der Waals surface area contributed by atoms with Gasteiger partial charge in [0, 0.05) is 6.16 Å². The molecule has 0 aromatic rings. The van der Waals surface area contributed by atoms with Gasteiger partial charge in [-0.15, -0.1) is 6.58 Å². The van der Waals surface area contributed by atoms with Crippen molar-refractivity contribution < 1.29 is 9.05 Å². The lowest BCUT2D eigenvalue weighted by Gasteiger charge is -2.24. The molecule has 0 amide bonds. The van der Waals surface area contributed by atoms with E-state index in [0.717, 1.165) is 12.8 Å². The first-order valence-corrected chi connectivity index (χ1v) is 7.93. The first-order valence-electron chi connectivity index (χ1n) is 5.10. The van der Waals surface area contributed by atoms with Gasteiger partial charge in [-0.3, -0.25) is 0 Å². The molecule has 0 spiro atoms. The van der Waals surface area contributed by atoms with Crippen LogP contribution in [0.25, 0.3) is 0 Å². The monoisotopic (exact) mass is 236 g/mol. The fraction of sp³-hybridized carbons (Fsp3) is 0.800. The normalized spacial score (nSPS) is 17.4. The van der Waals surface area contributed by atoms with E-state index in [1.54, 1.807) is 6.08 Å². The molecule has 14 heavy (non-hydrogen) atoms. The molecule has 0 heterocycles. The van der Waals surface area contributed by atoms with Crippen molar-refractivity contribution in [1.82, 2.24) is 0 Å². The number of allylic oxidation sites excluding steroid dienone is 1. The van der Waals surface area contributed by atoms with Crippen LogP contribution < -0.4 is 0 Å². The Balaban J connectivity index is 4.22. The predicted molar refractivity (Wildman–Crippen MR) is 66.4 cm³/mol. The van der Waals surface area contributed by atoms with E-state index in [-0.39, 0.29) is 6.10 Å². The summed E-state index contributed by atoms with van der Waals surface area (Å²) in [4.78, 5) is 0. The van der Waals surface area contributed by atoms with Crippen LogP contribution in [-0.4, -0.2) is 18.9 Å². The van der Waals surface area contributed by atoms with Crippen LogP contribution in [0.4, 0.5) is 0 Å². The molecule has 2 nitrogen and oxygen atoms in total. The molecule has 0 aliphatic heterocycles. The average Bonchev–Trinajstić information content (AvgIpc) is 2.15. The number of rotatable bonds is 8. The van der Waals surface area contributed by atoms with Crippen molar-refractivity contribution in [3.63, 3.8) is 0 Å². The molecule has 0 saturated carbocycles. The van der Waals surface area contributed by atoms with E-state index in [0.29, 0.717) is 12.8 Å². The molecule has 0 bridgehead atoms. The zero-order valence-electron chi connectivity index (χ0n) is 9.36. The average molecular weight is 236 g/mol. The predicted octanol–water partition coefficient (Wildman–Crippen LogP) is 3.72. The van der Waals surface area contributed by atoms with Gasteiger partial charge in [0.2, 0.25) is 0 Å². The maximum absolute atomic E-state index is 5.76. The summed E-state index contributed by atoms with van der Waals surface area (Å²) in [5, 5.41) is 0. The third-order valence-corrected chi connectivity index (χ3v) is 4.74. The van der Waals surface area contributed by atoms with Gasteiger partial charge in [0.15, 0.2) is 6.49 Å². The molecule has 0 radical (unpaired) electrons. The SMILES string of the molecule is C=CCP(=S)(OCCC)OC(C)CC. The van der Waals surface area contributed by atoms with Crippen LogP contribution in [0.5, 0.6) is 0 Å². The van der Waals surface area contributed by atoms with E-state index in [9.17, 15) is 0 Å². The zero-order chi connectivity index (χ0) is 11.0. The molecule has 0 fully saturated rings. The van der Waals surface area contributed by atoms with Crippen LogP contribution in [0.3, 0.4) is 0 Å². The van der Waals surface area contributed by atoms with E-state index >= 15 is 0 Å². The van der Waals surface area contributed by atoms with E-state index in [1.807, 2.05) is 6.92 Å². The Morgan fingerprint density at radius 2 is 2.14 bits per heavy atom. The van der Waals surface area contributed by atoms with Gasteiger partial charge < -0.3 is 9.05 Å². The topological polar surface area (TPSA) is 18.5 Å². The molecule has 2 unspecified atom stereocenters. The number of hydrogen-bond acceptors (Lipinski definition) is 3. The summed E-state index contributed by atoms with van der Waals surface area (Å²) in [7, 11) is 0. The highest BCUT2D eigenvalue weighted by Gasteiger charge is 2.19. The summed E-state index contributed by atoms with van der Waals surface area (Å²) >= 11 is 5.40. The summed E-state index contributed by atoms with van der Waals surface area (Å²) in [5.74, 6) is 0. The maximum Gasteiger partial charge on any atom is 0.192 e. The van der Waals surface area contributed by atoms with Gasteiger partial charge in [-0.2, -0.15) is 0 Å². The first kappa shape index (κ1) is 14.3. The molecule has 0 aromatic carbocycles. The summed E-state index contributed by atoms with van der Waals surface area (Å²) in [6.07, 6.45) is 4.56. The van der Waals surface area contributed by atoms with Crippen LogP contribution in [0.15, 0.2) is 12.7 Å². The van der Waals surface area contributed by atoms with Crippen LogP contribution in [0.1, 0.15) is 33.6 Å².